The molecule has 4 rings (SSSR count). The van der Waals surface area contributed by atoms with Crippen LogP contribution < -0.4 is 10.1 Å². The van der Waals surface area contributed by atoms with Gasteiger partial charge in [-0.2, -0.15) is 4.31 Å². The second kappa shape index (κ2) is 9.56. The minimum Gasteiger partial charge on any atom is -0.485 e. The number of hydrogen-bond donors (Lipinski definition) is 1. The molecule has 2 aromatic carbocycles. The summed E-state index contributed by atoms with van der Waals surface area (Å²) < 4.78 is 43.3. The number of sulfonamides is 1. The van der Waals surface area contributed by atoms with Gasteiger partial charge in [-0.15, -0.1) is 0 Å². The van der Waals surface area contributed by atoms with E-state index in [1.165, 1.54) is 16.4 Å². The zero-order valence-electron chi connectivity index (χ0n) is 17.6. The standard InChI is InChI=1S/C23H24N2O6S/c1-17-4-2-3-5-21(17)30-16-19-8-11-22(31-19)23(26)24-18-6-9-20(10-7-18)32(27,28)25-12-14-29-15-13-25/h2-11H,12-16H2,1H3,(H,24,26). The summed E-state index contributed by atoms with van der Waals surface area (Å²) in [6.45, 7) is 3.58. The second-order valence-electron chi connectivity index (χ2n) is 7.32. The molecule has 0 radical (unpaired) electrons. The predicted molar refractivity (Wildman–Crippen MR) is 118 cm³/mol. The predicted octanol–water partition coefficient (Wildman–Crippen LogP) is 3.44. The molecule has 0 saturated carbocycles. The zero-order chi connectivity index (χ0) is 22.6. The Labute approximate surface area is 186 Å². The van der Waals surface area contributed by atoms with Crippen molar-refractivity contribution in [2.75, 3.05) is 31.6 Å². The van der Waals surface area contributed by atoms with E-state index in [1.807, 2.05) is 31.2 Å². The van der Waals surface area contributed by atoms with Gasteiger partial charge in [0.2, 0.25) is 10.0 Å². The first kappa shape index (κ1) is 22.1. The van der Waals surface area contributed by atoms with E-state index < -0.39 is 15.9 Å². The maximum absolute atomic E-state index is 12.7. The molecule has 1 fully saturated rings. The number of nitrogens with zero attached hydrogens (tertiary/aromatic N) is 1. The number of carbonyl (C=O) groups is 1. The van der Waals surface area contributed by atoms with E-state index in [0.717, 1.165) is 11.3 Å². The summed E-state index contributed by atoms with van der Waals surface area (Å²) in [7, 11) is -3.58. The summed E-state index contributed by atoms with van der Waals surface area (Å²) in [4.78, 5) is 12.7. The van der Waals surface area contributed by atoms with Gasteiger partial charge in [0.15, 0.2) is 5.76 Å². The van der Waals surface area contributed by atoms with Crippen LogP contribution in [-0.4, -0.2) is 44.9 Å². The summed E-state index contributed by atoms with van der Waals surface area (Å²) in [5.74, 6) is 0.974. The van der Waals surface area contributed by atoms with Gasteiger partial charge in [-0.3, -0.25) is 4.79 Å². The van der Waals surface area contributed by atoms with Crippen molar-refractivity contribution < 1.29 is 27.1 Å². The van der Waals surface area contributed by atoms with Crippen molar-refractivity contribution in [2.24, 2.45) is 0 Å². The van der Waals surface area contributed by atoms with E-state index in [-0.39, 0.29) is 17.3 Å². The number of amides is 1. The van der Waals surface area contributed by atoms with Crippen LogP contribution in [-0.2, 0) is 21.4 Å². The van der Waals surface area contributed by atoms with E-state index in [1.54, 1.807) is 24.3 Å². The highest BCUT2D eigenvalue weighted by molar-refractivity contribution is 7.89. The monoisotopic (exact) mass is 456 g/mol. The smallest absolute Gasteiger partial charge is 0.291 e. The number of carbonyl (C=O) groups excluding carboxylic acids is 1. The van der Waals surface area contributed by atoms with Crippen LogP contribution in [0.25, 0.3) is 0 Å². The van der Waals surface area contributed by atoms with Gasteiger partial charge in [0.1, 0.15) is 18.1 Å². The van der Waals surface area contributed by atoms with Gasteiger partial charge in [-0.05, 0) is 55.0 Å². The van der Waals surface area contributed by atoms with Gasteiger partial charge in [-0.25, -0.2) is 8.42 Å². The molecule has 32 heavy (non-hydrogen) atoms. The minimum atomic E-state index is -3.58. The first-order chi connectivity index (χ1) is 15.4. The quantitative estimate of drug-likeness (QED) is 0.585. The molecular formula is C23H24N2O6S. The molecule has 3 aromatic rings. The van der Waals surface area contributed by atoms with Crippen LogP contribution in [0.5, 0.6) is 5.75 Å². The molecule has 168 valence electrons. The number of morpholine rings is 1. The first-order valence-corrected chi connectivity index (χ1v) is 11.6. The lowest BCUT2D eigenvalue weighted by molar-refractivity contribution is 0.0730. The molecule has 0 atom stereocenters. The van der Waals surface area contributed by atoms with Crippen LogP contribution >= 0.6 is 0 Å². The maximum atomic E-state index is 12.7. The van der Waals surface area contributed by atoms with Crippen LogP contribution in [0.1, 0.15) is 21.9 Å². The van der Waals surface area contributed by atoms with Crippen LogP contribution in [0, 0.1) is 6.92 Å². The van der Waals surface area contributed by atoms with Crippen LogP contribution in [0.4, 0.5) is 5.69 Å². The number of ether oxygens (including phenoxy) is 2. The van der Waals surface area contributed by atoms with Gasteiger partial charge < -0.3 is 19.2 Å². The molecule has 1 aliphatic rings. The van der Waals surface area contributed by atoms with Crippen molar-refractivity contribution >= 4 is 21.6 Å². The number of anilines is 1. The molecule has 1 aliphatic heterocycles. The first-order valence-electron chi connectivity index (χ1n) is 10.2. The Morgan fingerprint density at radius 2 is 1.75 bits per heavy atom. The van der Waals surface area contributed by atoms with Crippen LogP contribution in [0.15, 0.2) is 70.0 Å². The summed E-state index contributed by atoms with van der Waals surface area (Å²) in [5, 5.41) is 2.71. The average molecular weight is 457 g/mol. The average Bonchev–Trinajstić information content (AvgIpc) is 3.29. The SMILES string of the molecule is Cc1ccccc1OCc1ccc(C(=O)Nc2ccc(S(=O)(=O)N3CCOCC3)cc2)o1. The maximum Gasteiger partial charge on any atom is 0.291 e. The molecule has 2 heterocycles. The molecule has 9 heteroatoms. The highest BCUT2D eigenvalue weighted by atomic mass is 32.2. The molecular weight excluding hydrogens is 432 g/mol. The van der Waals surface area contributed by atoms with Crippen LogP contribution in [0.3, 0.4) is 0 Å². The Hall–Kier alpha value is -3.14. The highest BCUT2D eigenvalue weighted by Gasteiger charge is 2.26. The fourth-order valence-corrected chi connectivity index (χ4v) is 4.69. The molecule has 0 aliphatic carbocycles. The van der Waals surface area contributed by atoms with E-state index in [4.69, 9.17) is 13.9 Å². The van der Waals surface area contributed by atoms with Crippen molar-refractivity contribution in [3.8, 4) is 5.75 Å². The van der Waals surface area contributed by atoms with Crippen molar-refractivity contribution in [1.82, 2.24) is 4.31 Å². The van der Waals surface area contributed by atoms with Gasteiger partial charge in [-0.1, -0.05) is 18.2 Å². The topological polar surface area (TPSA) is 98.1 Å². The molecule has 1 amide bonds. The van der Waals surface area contributed by atoms with E-state index in [9.17, 15) is 13.2 Å². The fourth-order valence-electron chi connectivity index (χ4n) is 3.28. The van der Waals surface area contributed by atoms with Gasteiger partial charge in [0.05, 0.1) is 18.1 Å². The molecule has 1 aromatic heterocycles. The summed E-state index contributed by atoms with van der Waals surface area (Å²) in [6.07, 6.45) is 0. The van der Waals surface area contributed by atoms with E-state index in [2.05, 4.69) is 5.32 Å². The van der Waals surface area contributed by atoms with Gasteiger partial charge in [0.25, 0.3) is 5.91 Å². The molecule has 0 unspecified atom stereocenters. The van der Waals surface area contributed by atoms with Crippen molar-refractivity contribution in [3.63, 3.8) is 0 Å². The Bertz CT molecular complexity index is 1180. The van der Waals surface area contributed by atoms with Crippen molar-refractivity contribution in [2.45, 2.75) is 18.4 Å². The molecule has 1 saturated heterocycles. The number of aryl methyl sites for hydroxylation is 1. The van der Waals surface area contributed by atoms with Gasteiger partial charge >= 0.3 is 0 Å². The molecule has 1 N–H and O–H groups in total. The Morgan fingerprint density at radius 1 is 1.03 bits per heavy atom. The second-order valence-corrected chi connectivity index (χ2v) is 9.25. The van der Waals surface area contributed by atoms with Crippen molar-refractivity contribution in [1.29, 1.82) is 0 Å². The summed E-state index contributed by atoms with van der Waals surface area (Å²) in [5.41, 5.74) is 1.47. The normalized spacial score (nSPS) is 14.8. The lowest BCUT2D eigenvalue weighted by Crippen LogP contribution is -2.40. The largest absolute Gasteiger partial charge is 0.485 e. The number of nitrogens with one attached hydrogen (secondary N) is 1. The number of furan rings is 1. The highest BCUT2D eigenvalue weighted by Crippen LogP contribution is 2.21. The van der Waals surface area contributed by atoms with Crippen LogP contribution in [0.2, 0.25) is 0 Å². The number of rotatable bonds is 7. The zero-order valence-corrected chi connectivity index (χ0v) is 18.4. The Morgan fingerprint density at radius 3 is 2.47 bits per heavy atom. The lowest BCUT2D eigenvalue weighted by Gasteiger charge is -2.26. The van der Waals surface area contributed by atoms with Crippen molar-refractivity contribution in [3.05, 3.63) is 77.7 Å². The summed E-state index contributed by atoms with van der Waals surface area (Å²) in [6, 6.07) is 17.0. The van der Waals surface area contributed by atoms with Gasteiger partial charge in [0, 0.05) is 18.8 Å². The van der Waals surface area contributed by atoms with E-state index >= 15 is 0 Å². The third-order valence-corrected chi connectivity index (χ3v) is 6.98. The third-order valence-electron chi connectivity index (χ3n) is 5.07. The lowest BCUT2D eigenvalue weighted by atomic mass is 10.2. The number of para-hydroxylation sites is 1. The Kier molecular flexibility index (Phi) is 6.59. The van der Waals surface area contributed by atoms with E-state index in [0.29, 0.717) is 37.8 Å². The molecule has 8 nitrogen and oxygen atoms in total. The number of benzene rings is 2. The number of hydrogen-bond acceptors (Lipinski definition) is 6. The third kappa shape index (κ3) is 5.01. The molecule has 0 bridgehead atoms. The molecule has 0 spiro atoms. The Balaban J connectivity index is 1.36. The fraction of sp³-hybridized carbons (Fsp3) is 0.261. The summed E-state index contributed by atoms with van der Waals surface area (Å²) >= 11 is 0. The minimum absolute atomic E-state index is 0.137.